The van der Waals surface area contributed by atoms with E-state index < -0.39 is 0 Å². The molecule has 0 aliphatic carbocycles. The highest BCUT2D eigenvalue weighted by atomic mass is 32.1. The molecule has 0 radical (unpaired) electrons. The molecule has 4 nitrogen and oxygen atoms in total. The maximum absolute atomic E-state index is 4.60. The second-order valence-electron chi connectivity index (χ2n) is 7.23. The molecule has 3 aromatic rings. The lowest BCUT2D eigenvalue weighted by Gasteiger charge is -2.49. The number of nitrogens with zero attached hydrogens (tertiary/aromatic N) is 3. The number of anilines is 1. The first-order chi connectivity index (χ1) is 12.3. The maximum atomic E-state index is 4.60. The fraction of sp³-hybridized carbons (Fsp3) is 0.400. The van der Waals surface area contributed by atoms with E-state index in [1.54, 1.807) is 11.3 Å². The molecule has 128 valence electrons. The summed E-state index contributed by atoms with van der Waals surface area (Å²) in [5, 5.41) is 4.89. The van der Waals surface area contributed by atoms with Crippen LogP contribution in [0.2, 0.25) is 0 Å². The third kappa shape index (κ3) is 2.71. The van der Waals surface area contributed by atoms with Crippen molar-refractivity contribution >= 4 is 27.4 Å². The molecule has 2 atom stereocenters. The summed E-state index contributed by atoms with van der Waals surface area (Å²) >= 11 is 1.80. The summed E-state index contributed by atoms with van der Waals surface area (Å²) in [5.74, 6) is 1.52. The van der Waals surface area contributed by atoms with Crippen LogP contribution in [0.5, 0.6) is 0 Å². The molecule has 25 heavy (non-hydrogen) atoms. The Kier molecular flexibility index (Phi) is 3.71. The largest absolute Gasteiger partial charge is 0.350 e. The Morgan fingerprint density at radius 1 is 1.12 bits per heavy atom. The SMILES string of the molecule is C[C@@H]1[C@@H](Nc2ncc(-c3cc4ccccc4s3)cn2)C2CCN1CC2. The number of nitrogens with one attached hydrogen (secondary N) is 1. The summed E-state index contributed by atoms with van der Waals surface area (Å²) in [6, 6.07) is 11.7. The molecule has 1 N–H and O–H groups in total. The van der Waals surface area contributed by atoms with Gasteiger partial charge in [-0.1, -0.05) is 18.2 Å². The average molecular weight is 350 g/mol. The number of hydrogen-bond acceptors (Lipinski definition) is 5. The van der Waals surface area contributed by atoms with E-state index in [2.05, 4.69) is 57.4 Å². The van der Waals surface area contributed by atoms with Crippen molar-refractivity contribution in [1.29, 1.82) is 0 Å². The molecule has 3 saturated heterocycles. The van der Waals surface area contributed by atoms with Crippen molar-refractivity contribution in [3.05, 3.63) is 42.7 Å². The van der Waals surface area contributed by atoms with Crippen LogP contribution in [0, 0.1) is 5.92 Å². The first kappa shape index (κ1) is 15.3. The molecule has 2 aromatic heterocycles. The Morgan fingerprint density at radius 3 is 2.60 bits per heavy atom. The molecule has 0 amide bonds. The Labute approximate surface area is 151 Å². The van der Waals surface area contributed by atoms with Crippen LogP contribution >= 0.6 is 11.3 Å². The van der Waals surface area contributed by atoms with Gasteiger partial charge in [-0.05, 0) is 56.3 Å². The van der Waals surface area contributed by atoms with Crippen molar-refractivity contribution in [1.82, 2.24) is 14.9 Å². The van der Waals surface area contributed by atoms with E-state index in [4.69, 9.17) is 0 Å². The summed E-state index contributed by atoms with van der Waals surface area (Å²) in [5.41, 5.74) is 1.09. The molecule has 5 heterocycles. The summed E-state index contributed by atoms with van der Waals surface area (Å²) < 4.78 is 1.31. The van der Waals surface area contributed by atoms with Gasteiger partial charge in [0, 0.05) is 39.6 Å². The highest BCUT2D eigenvalue weighted by Crippen LogP contribution is 2.35. The molecule has 3 fully saturated rings. The minimum absolute atomic E-state index is 0.470. The van der Waals surface area contributed by atoms with Crippen molar-refractivity contribution in [2.45, 2.75) is 31.8 Å². The molecule has 0 saturated carbocycles. The average Bonchev–Trinajstić information content (AvgIpc) is 3.10. The summed E-state index contributed by atoms with van der Waals surface area (Å²) in [6.45, 7) is 4.82. The molecule has 0 spiro atoms. The quantitative estimate of drug-likeness (QED) is 0.766. The minimum atomic E-state index is 0.470. The van der Waals surface area contributed by atoms with Crippen LogP contribution in [-0.4, -0.2) is 40.0 Å². The highest BCUT2D eigenvalue weighted by molar-refractivity contribution is 7.22. The van der Waals surface area contributed by atoms with E-state index in [0.717, 1.165) is 17.4 Å². The predicted octanol–water partition coefficient (Wildman–Crippen LogP) is 4.25. The summed E-state index contributed by atoms with van der Waals surface area (Å²) in [7, 11) is 0. The van der Waals surface area contributed by atoms with Gasteiger partial charge in [-0.3, -0.25) is 4.90 Å². The number of benzene rings is 1. The topological polar surface area (TPSA) is 41.1 Å². The van der Waals surface area contributed by atoms with E-state index in [1.807, 2.05) is 12.4 Å². The molecule has 0 unspecified atom stereocenters. The molecular formula is C20H22N4S. The van der Waals surface area contributed by atoms with Crippen molar-refractivity contribution in [3.8, 4) is 10.4 Å². The molecule has 1 aromatic carbocycles. The number of rotatable bonds is 3. The Morgan fingerprint density at radius 2 is 1.88 bits per heavy atom. The van der Waals surface area contributed by atoms with E-state index in [9.17, 15) is 0 Å². The lowest BCUT2D eigenvalue weighted by atomic mass is 9.79. The standard InChI is InChI=1S/C20H22N4S/c1-13-19(14-6-8-24(13)9-7-14)23-20-21-11-16(12-22-20)18-10-15-4-2-3-5-17(15)25-18/h2-5,10-14,19H,6-9H2,1H3,(H,21,22,23)/t13-,19-/m1/s1. The van der Waals surface area contributed by atoms with Gasteiger partial charge in [0.25, 0.3) is 0 Å². The Bertz CT molecular complexity index is 845. The van der Waals surface area contributed by atoms with Crippen LogP contribution < -0.4 is 5.32 Å². The highest BCUT2D eigenvalue weighted by Gasteiger charge is 2.39. The van der Waals surface area contributed by atoms with Crippen molar-refractivity contribution < 1.29 is 0 Å². The fourth-order valence-corrected chi connectivity index (χ4v) is 5.39. The Hall–Kier alpha value is -1.98. The van der Waals surface area contributed by atoms with Crippen LogP contribution in [0.3, 0.4) is 0 Å². The van der Waals surface area contributed by atoms with E-state index in [0.29, 0.717) is 12.1 Å². The first-order valence-electron chi connectivity index (χ1n) is 9.09. The minimum Gasteiger partial charge on any atom is -0.350 e. The third-order valence-corrected chi connectivity index (χ3v) is 7.00. The van der Waals surface area contributed by atoms with E-state index >= 15 is 0 Å². The van der Waals surface area contributed by atoms with Gasteiger partial charge in [-0.2, -0.15) is 0 Å². The van der Waals surface area contributed by atoms with Crippen LogP contribution in [0.15, 0.2) is 42.7 Å². The predicted molar refractivity (Wildman–Crippen MR) is 104 cm³/mol. The molecule has 6 rings (SSSR count). The second kappa shape index (κ2) is 6.07. The van der Waals surface area contributed by atoms with Gasteiger partial charge in [0.05, 0.1) is 0 Å². The molecule has 3 aliphatic heterocycles. The molecule has 2 bridgehead atoms. The van der Waals surface area contributed by atoms with Gasteiger partial charge in [-0.15, -0.1) is 11.3 Å². The van der Waals surface area contributed by atoms with Crippen molar-refractivity contribution in [2.75, 3.05) is 18.4 Å². The van der Waals surface area contributed by atoms with Gasteiger partial charge in [0.2, 0.25) is 5.95 Å². The van der Waals surface area contributed by atoms with E-state index in [-0.39, 0.29) is 0 Å². The van der Waals surface area contributed by atoms with Gasteiger partial charge in [0.1, 0.15) is 0 Å². The normalized spacial score (nSPS) is 28.4. The third-order valence-electron chi connectivity index (χ3n) is 5.84. The molecule has 3 aliphatic rings. The van der Waals surface area contributed by atoms with Crippen LogP contribution in [0.25, 0.3) is 20.5 Å². The van der Waals surface area contributed by atoms with Crippen LogP contribution in [0.1, 0.15) is 19.8 Å². The lowest BCUT2D eigenvalue weighted by molar-refractivity contribution is 0.0455. The number of piperidine rings is 3. The first-order valence-corrected chi connectivity index (χ1v) is 9.91. The van der Waals surface area contributed by atoms with Gasteiger partial charge in [0.15, 0.2) is 0 Å². The zero-order valence-electron chi connectivity index (χ0n) is 14.4. The number of thiophene rings is 1. The second-order valence-corrected chi connectivity index (χ2v) is 8.31. The zero-order valence-corrected chi connectivity index (χ0v) is 15.2. The zero-order chi connectivity index (χ0) is 16.8. The van der Waals surface area contributed by atoms with Crippen LogP contribution in [0.4, 0.5) is 5.95 Å². The summed E-state index contributed by atoms with van der Waals surface area (Å²) in [4.78, 5) is 13.0. The number of aromatic nitrogens is 2. The van der Waals surface area contributed by atoms with Crippen molar-refractivity contribution in [3.63, 3.8) is 0 Å². The lowest BCUT2D eigenvalue weighted by Crippen LogP contribution is -2.59. The summed E-state index contributed by atoms with van der Waals surface area (Å²) in [6.07, 6.45) is 6.49. The van der Waals surface area contributed by atoms with Gasteiger partial charge >= 0.3 is 0 Å². The maximum Gasteiger partial charge on any atom is 0.222 e. The van der Waals surface area contributed by atoms with Crippen molar-refractivity contribution in [2.24, 2.45) is 5.92 Å². The Balaban J connectivity index is 1.36. The van der Waals surface area contributed by atoms with Gasteiger partial charge in [-0.25, -0.2) is 9.97 Å². The number of hydrogen-bond donors (Lipinski definition) is 1. The molecular weight excluding hydrogens is 328 g/mol. The molecule has 5 heteroatoms. The van der Waals surface area contributed by atoms with Gasteiger partial charge < -0.3 is 5.32 Å². The smallest absolute Gasteiger partial charge is 0.222 e. The van der Waals surface area contributed by atoms with Crippen LogP contribution in [-0.2, 0) is 0 Å². The fourth-order valence-electron chi connectivity index (χ4n) is 4.35. The number of fused-ring (bicyclic) bond motifs is 4. The van der Waals surface area contributed by atoms with E-state index in [1.165, 1.54) is 40.9 Å². The monoisotopic (exact) mass is 350 g/mol.